The predicted molar refractivity (Wildman–Crippen MR) is 102 cm³/mol. The number of benzene rings is 2. The van der Waals surface area contributed by atoms with Crippen molar-refractivity contribution in [3.8, 4) is 11.3 Å². The molecular weight excluding hydrogens is 384 g/mol. The van der Waals surface area contributed by atoms with E-state index >= 15 is 0 Å². The van der Waals surface area contributed by atoms with Crippen LogP contribution in [0.3, 0.4) is 0 Å². The molecular formula is C21H14F4N4. The average Bonchev–Trinajstić information content (AvgIpc) is 2.70. The van der Waals surface area contributed by atoms with E-state index in [1.165, 1.54) is 30.7 Å². The molecule has 0 aliphatic heterocycles. The number of hydrogen-bond donors (Lipinski definition) is 1. The molecule has 0 unspecified atom stereocenters. The minimum Gasteiger partial charge on any atom is -0.340 e. The normalized spacial score (nSPS) is 11.6. The second-order valence-electron chi connectivity index (χ2n) is 6.45. The third-order valence-electron chi connectivity index (χ3n) is 4.42. The fraction of sp³-hybridized carbons (Fsp3) is 0.0952. The Kier molecular flexibility index (Phi) is 4.62. The largest absolute Gasteiger partial charge is 0.416 e. The van der Waals surface area contributed by atoms with Gasteiger partial charge < -0.3 is 5.32 Å². The van der Waals surface area contributed by atoms with Crippen molar-refractivity contribution in [2.45, 2.75) is 13.1 Å². The maximum atomic E-state index is 14.1. The standard InChI is InChI=1S/C21H14F4N4/c1-12-8-15-16(10-26-12)17(22)6-7-18(15)29-20-9-19(27-11-28-20)13-2-4-14(5-3-13)21(23,24)25/h2-11H,1H3,(H,27,28,29). The zero-order valence-electron chi connectivity index (χ0n) is 15.1. The van der Waals surface area contributed by atoms with Crippen molar-refractivity contribution in [2.75, 3.05) is 5.32 Å². The Bertz CT molecular complexity index is 1190. The zero-order chi connectivity index (χ0) is 20.6. The number of pyridine rings is 1. The second-order valence-corrected chi connectivity index (χ2v) is 6.45. The molecule has 2 heterocycles. The smallest absolute Gasteiger partial charge is 0.340 e. The first kappa shape index (κ1) is 18.8. The van der Waals surface area contributed by atoms with Crippen molar-refractivity contribution >= 4 is 22.3 Å². The van der Waals surface area contributed by atoms with E-state index in [1.54, 1.807) is 18.2 Å². The SMILES string of the molecule is Cc1cc2c(Nc3cc(-c4ccc(C(F)(F)F)cc4)ncn3)ccc(F)c2cn1. The van der Waals surface area contributed by atoms with Crippen LogP contribution in [0.2, 0.25) is 0 Å². The van der Waals surface area contributed by atoms with Crippen LogP contribution >= 0.6 is 0 Å². The highest BCUT2D eigenvalue weighted by Crippen LogP contribution is 2.32. The molecule has 0 amide bonds. The Balaban J connectivity index is 1.68. The van der Waals surface area contributed by atoms with E-state index in [-0.39, 0.29) is 5.82 Å². The van der Waals surface area contributed by atoms with Gasteiger partial charge in [-0.1, -0.05) is 12.1 Å². The van der Waals surface area contributed by atoms with Gasteiger partial charge in [-0.05, 0) is 37.3 Å². The maximum Gasteiger partial charge on any atom is 0.416 e. The van der Waals surface area contributed by atoms with Crippen LogP contribution in [0.5, 0.6) is 0 Å². The van der Waals surface area contributed by atoms with E-state index in [4.69, 9.17) is 0 Å². The van der Waals surface area contributed by atoms with E-state index < -0.39 is 11.7 Å². The average molecular weight is 398 g/mol. The first-order valence-electron chi connectivity index (χ1n) is 8.63. The summed E-state index contributed by atoms with van der Waals surface area (Å²) < 4.78 is 52.3. The molecule has 1 N–H and O–H groups in total. The van der Waals surface area contributed by atoms with Gasteiger partial charge in [-0.3, -0.25) is 4.98 Å². The van der Waals surface area contributed by atoms with Crippen molar-refractivity contribution in [3.05, 3.63) is 78.1 Å². The Labute approximate surface area is 163 Å². The quantitative estimate of drug-likeness (QED) is 0.437. The minimum absolute atomic E-state index is 0.373. The number of nitrogens with one attached hydrogen (secondary N) is 1. The van der Waals surface area contributed by atoms with Gasteiger partial charge in [0.05, 0.1) is 11.3 Å². The molecule has 0 atom stereocenters. The van der Waals surface area contributed by atoms with Crippen LogP contribution in [-0.2, 0) is 6.18 Å². The molecule has 2 aromatic carbocycles. The van der Waals surface area contributed by atoms with Crippen molar-refractivity contribution in [2.24, 2.45) is 0 Å². The van der Waals surface area contributed by atoms with Crippen LogP contribution in [0.25, 0.3) is 22.0 Å². The lowest BCUT2D eigenvalue weighted by Crippen LogP contribution is -2.04. The topological polar surface area (TPSA) is 50.7 Å². The third kappa shape index (κ3) is 3.87. The Morgan fingerprint density at radius 1 is 0.862 bits per heavy atom. The summed E-state index contributed by atoms with van der Waals surface area (Å²) in [6, 6.07) is 11.0. The van der Waals surface area contributed by atoms with Crippen molar-refractivity contribution in [1.29, 1.82) is 0 Å². The molecule has 4 aromatic rings. The molecule has 29 heavy (non-hydrogen) atoms. The van der Waals surface area contributed by atoms with Gasteiger partial charge in [0.25, 0.3) is 0 Å². The molecule has 0 bridgehead atoms. The number of fused-ring (bicyclic) bond motifs is 1. The highest BCUT2D eigenvalue weighted by Gasteiger charge is 2.30. The highest BCUT2D eigenvalue weighted by atomic mass is 19.4. The van der Waals surface area contributed by atoms with Gasteiger partial charge in [0.15, 0.2) is 0 Å². The zero-order valence-corrected chi connectivity index (χ0v) is 15.1. The molecule has 0 spiro atoms. The summed E-state index contributed by atoms with van der Waals surface area (Å²) in [5, 5.41) is 4.14. The van der Waals surface area contributed by atoms with E-state index in [1.807, 2.05) is 6.92 Å². The Morgan fingerprint density at radius 3 is 2.34 bits per heavy atom. The van der Waals surface area contributed by atoms with Gasteiger partial charge >= 0.3 is 6.18 Å². The number of rotatable bonds is 3. The summed E-state index contributed by atoms with van der Waals surface area (Å²) in [7, 11) is 0. The molecule has 146 valence electrons. The predicted octanol–water partition coefficient (Wildman–Crippen LogP) is 5.90. The van der Waals surface area contributed by atoms with Gasteiger partial charge in [-0.2, -0.15) is 13.2 Å². The van der Waals surface area contributed by atoms with Gasteiger partial charge in [0, 0.05) is 40.0 Å². The number of anilines is 2. The van der Waals surface area contributed by atoms with Crippen LogP contribution in [0.1, 0.15) is 11.3 Å². The Morgan fingerprint density at radius 2 is 1.62 bits per heavy atom. The number of aromatic nitrogens is 3. The summed E-state index contributed by atoms with van der Waals surface area (Å²) in [6.45, 7) is 1.81. The third-order valence-corrected chi connectivity index (χ3v) is 4.42. The van der Waals surface area contributed by atoms with Gasteiger partial charge in [-0.25, -0.2) is 14.4 Å². The molecule has 0 saturated heterocycles. The van der Waals surface area contributed by atoms with Crippen LogP contribution in [-0.4, -0.2) is 15.0 Å². The summed E-state index contributed by atoms with van der Waals surface area (Å²) in [6.07, 6.45) is -1.61. The molecule has 4 nitrogen and oxygen atoms in total. The van der Waals surface area contributed by atoms with E-state index in [2.05, 4.69) is 20.3 Å². The maximum absolute atomic E-state index is 14.1. The van der Waals surface area contributed by atoms with Crippen LogP contribution in [0.4, 0.5) is 29.1 Å². The highest BCUT2D eigenvalue weighted by molar-refractivity contribution is 5.95. The summed E-state index contributed by atoms with van der Waals surface area (Å²) in [5.41, 5.74) is 1.62. The first-order valence-corrected chi connectivity index (χ1v) is 8.63. The molecule has 0 aliphatic carbocycles. The Hall–Kier alpha value is -3.55. The lowest BCUT2D eigenvalue weighted by molar-refractivity contribution is -0.137. The molecule has 0 fully saturated rings. The number of nitrogens with zero attached hydrogens (tertiary/aromatic N) is 3. The van der Waals surface area contributed by atoms with Crippen LogP contribution < -0.4 is 5.32 Å². The van der Waals surface area contributed by atoms with Crippen molar-refractivity contribution < 1.29 is 17.6 Å². The summed E-state index contributed by atoms with van der Waals surface area (Å²) in [5.74, 6) is 0.0449. The molecule has 0 radical (unpaired) electrons. The van der Waals surface area contributed by atoms with E-state index in [0.29, 0.717) is 33.5 Å². The first-order chi connectivity index (χ1) is 13.8. The number of hydrogen-bond acceptors (Lipinski definition) is 4. The van der Waals surface area contributed by atoms with Crippen molar-refractivity contribution in [1.82, 2.24) is 15.0 Å². The minimum atomic E-state index is -4.40. The van der Waals surface area contributed by atoms with Crippen molar-refractivity contribution in [3.63, 3.8) is 0 Å². The summed E-state index contributed by atoms with van der Waals surface area (Å²) >= 11 is 0. The number of halogens is 4. The van der Waals surface area contributed by atoms with Crippen LogP contribution in [0, 0.1) is 12.7 Å². The van der Waals surface area contributed by atoms with Gasteiger partial charge in [0.2, 0.25) is 0 Å². The van der Waals surface area contributed by atoms with E-state index in [9.17, 15) is 17.6 Å². The molecule has 4 rings (SSSR count). The van der Waals surface area contributed by atoms with E-state index in [0.717, 1.165) is 17.8 Å². The molecule has 0 saturated carbocycles. The fourth-order valence-corrected chi connectivity index (χ4v) is 2.97. The number of aryl methyl sites for hydroxylation is 1. The van der Waals surface area contributed by atoms with Crippen LogP contribution in [0.15, 0.2) is 61.1 Å². The summed E-state index contributed by atoms with van der Waals surface area (Å²) in [4.78, 5) is 12.4. The number of alkyl halides is 3. The monoisotopic (exact) mass is 398 g/mol. The molecule has 2 aromatic heterocycles. The van der Waals surface area contributed by atoms with Gasteiger partial charge in [0.1, 0.15) is 18.0 Å². The second kappa shape index (κ2) is 7.12. The molecule has 0 aliphatic rings. The lowest BCUT2D eigenvalue weighted by atomic mass is 10.1. The van der Waals surface area contributed by atoms with Gasteiger partial charge in [-0.15, -0.1) is 0 Å². The fourth-order valence-electron chi connectivity index (χ4n) is 2.97. The molecule has 8 heteroatoms. The lowest BCUT2D eigenvalue weighted by Gasteiger charge is -2.11.